The van der Waals surface area contributed by atoms with Crippen LogP contribution in [0.15, 0.2) is 17.5 Å². The van der Waals surface area contributed by atoms with Crippen molar-refractivity contribution in [3.05, 3.63) is 22.4 Å². The van der Waals surface area contributed by atoms with Gasteiger partial charge in [0.2, 0.25) is 5.91 Å². The average Bonchev–Trinajstić information content (AvgIpc) is 2.99. The number of carboxylic acids is 1. The number of rotatable bonds is 7. The maximum Gasteiger partial charge on any atom is 0.306 e. The highest BCUT2D eigenvalue weighted by Crippen LogP contribution is 2.28. The van der Waals surface area contributed by atoms with Crippen molar-refractivity contribution < 1.29 is 14.7 Å². The van der Waals surface area contributed by atoms with Crippen LogP contribution >= 0.6 is 23.1 Å². The van der Waals surface area contributed by atoms with E-state index in [9.17, 15) is 9.59 Å². The predicted octanol–water partition coefficient (Wildman–Crippen LogP) is 2.99. The molecular formula is C15H21NO3S2. The number of aliphatic carboxylic acids is 1. The van der Waals surface area contributed by atoms with Crippen molar-refractivity contribution in [3.8, 4) is 0 Å². The standard InChI is InChI=1S/C15H21NO3S2/c17-14(10-20-9-13-2-1-7-21-13)16-8-11-3-5-12(6-4-11)15(18)19/h1-2,7,11-12H,3-6,8-10H2,(H,16,17)(H,18,19). The molecule has 6 heteroatoms. The Hall–Kier alpha value is -1.01. The highest BCUT2D eigenvalue weighted by molar-refractivity contribution is 7.99. The van der Waals surface area contributed by atoms with Gasteiger partial charge in [0, 0.05) is 17.2 Å². The number of thiophene rings is 1. The highest BCUT2D eigenvalue weighted by atomic mass is 32.2. The Morgan fingerprint density at radius 1 is 1.33 bits per heavy atom. The number of thioether (sulfide) groups is 1. The van der Waals surface area contributed by atoms with Crippen LogP contribution in [0.3, 0.4) is 0 Å². The van der Waals surface area contributed by atoms with Crippen molar-refractivity contribution in [2.75, 3.05) is 12.3 Å². The predicted molar refractivity (Wildman–Crippen MR) is 86.6 cm³/mol. The summed E-state index contributed by atoms with van der Waals surface area (Å²) in [6.45, 7) is 0.685. The monoisotopic (exact) mass is 327 g/mol. The van der Waals surface area contributed by atoms with Gasteiger partial charge in [0.1, 0.15) is 0 Å². The highest BCUT2D eigenvalue weighted by Gasteiger charge is 2.25. The lowest BCUT2D eigenvalue weighted by Gasteiger charge is -2.26. The Morgan fingerprint density at radius 2 is 2.10 bits per heavy atom. The molecule has 1 amide bonds. The van der Waals surface area contributed by atoms with E-state index in [-0.39, 0.29) is 11.8 Å². The lowest BCUT2D eigenvalue weighted by atomic mass is 9.82. The molecule has 0 atom stereocenters. The third-order valence-corrected chi connectivity index (χ3v) is 5.88. The molecule has 0 radical (unpaired) electrons. The van der Waals surface area contributed by atoms with Gasteiger partial charge in [0.05, 0.1) is 11.7 Å². The van der Waals surface area contributed by atoms with E-state index in [1.54, 1.807) is 23.1 Å². The first-order valence-electron chi connectivity index (χ1n) is 7.24. The van der Waals surface area contributed by atoms with Gasteiger partial charge in [-0.15, -0.1) is 23.1 Å². The Balaban J connectivity index is 1.56. The molecule has 2 rings (SSSR count). The van der Waals surface area contributed by atoms with Gasteiger partial charge in [-0.1, -0.05) is 6.07 Å². The van der Waals surface area contributed by atoms with Crippen molar-refractivity contribution in [2.45, 2.75) is 31.4 Å². The van der Waals surface area contributed by atoms with E-state index in [1.807, 2.05) is 11.4 Å². The summed E-state index contributed by atoms with van der Waals surface area (Å²) in [6.07, 6.45) is 3.28. The molecule has 21 heavy (non-hydrogen) atoms. The Morgan fingerprint density at radius 3 is 2.71 bits per heavy atom. The molecule has 0 saturated heterocycles. The summed E-state index contributed by atoms with van der Waals surface area (Å²) in [5.74, 6) is 1.03. The first-order chi connectivity index (χ1) is 10.1. The molecule has 116 valence electrons. The van der Waals surface area contributed by atoms with Crippen LogP contribution in [0.5, 0.6) is 0 Å². The van der Waals surface area contributed by atoms with E-state index >= 15 is 0 Å². The Kier molecular flexibility index (Phi) is 6.57. The second-order valence-electron chi connectivity index (χ2n) is 5.43. The largest absolute Gasteiger partial charge is 0.481 e. The van der Waals surface area contributed by atoms with Crippen molar-refractivity contribution in [2.24, 2.45) is 11.8 Å². The first kappa shape index (κ1) is 16.4. The molecule has 4 nitrogen and oxygen atoms in total. The normalized spacial score (nSPS) is 21.9. The molecule has 1 aliphatic rings. The smallest absolute Gasteiger partial charge is 0.306 e. The molecule has 1 fully saturated rings. The maximum atomic E-state index is 11.8. The molecular weight excluding hydrogens is 306 g/mol. The van der Waals surface area contributed by atoms with Crippen LogP contribution in [0.4, 0.5) is 0 Å². The average molecular weight is 327 g/mol. The molecule has 1 aromatic rings. The molecule has 1 aliphatic carbocycles. The molecule has 0 aliphatic heterocycles. The van der Waals surface area contributed by atoms with Gasteiger partial charge in [-0.05, 0) is 43.0 Å². The summed E-state index contributed by atoms with van der Waals surface area (Å²) in [5, 5.41) is 14.0. The fourth-order valence-corrected chi connectivity index (χ4v) is 4.26. The maximum absolute atomic E-state index is 11.8. The number of carboxylic acid groups (broad SMARTS) is 1. The van der Waals surface area contributed by atoms with Gasteiger partial charge >= 0.3 is 5.97 Å². The SMILES string of the molecule is O=C(CSCc1cccs1)NCC1CCC(C(=O)O)CC1. The van der Waals surface area contributed by atoms with Crippen LogP contribution in [-0.2, 0) is 15.3 Å². The molecule has 1 saturated carbocycles. The molecule has 1 heterocycles. The fourth-order valence-electron chi connectivity index (χ4n) is 2.56. The molecule has 0 spiro atoms. The number of hydrogen-bond donors (Lipinski definition) is 2. The van der Waals surface area contributed by atoms with E-state index in [1.165, 1.54) is 4.88 Å². The summed E-state index contributed by atoms with van der Waals surface area (Å²) in [6, 6.07) is 4.10. The number of nitrogens with one attached hydrogen (secondary N) is 1. The number of hydrogen-bond acceptors (Lipinski definition) is 4. The van der Waals surface area contributed by atoms with Crippen molar-refractivity contribution >= 4 is 35.0 Å². The fraction of sp³-hybridized carbons (Fsp3) is 0.600. The zero-order valence-electron chi connectivity index (χ0n) is 11.9. The Bertz CT molecular complexity index is 453. The number of amides is 1. The van der Waals surface area contributed by atoms with Crippen LogP contribution in [0.2, 0.25) is 0 Å². The zero-order valence-corrected chi connectivity index (χ0v) is 13.5. The summed E-state index contributed by atoms with van der Waals surface area (Å²) in [7, 11) is 0. The van der Waals surface area contributed by atoms with Gasteiger partial charge in [-0.25, -0.2) is 0 Å². The van der Waals surface area contributed by atoms with Crippen molar-refractivity contribution in [1.29, 1.82) is 0 Å². The molecule has 0 unspecified atom stereocenters. The Labute approximate surface area is 133 Å². The van der Waals surface area contributed by atoms with Crippen LogP contribution in [-0.4, -0.2) is 29.3 Å². The minimum atomic E-state index is -0.678. The van der Waals surface area contributed by atoms with Gasteiger partial charge in [0.25, 0.3) is 0 Å². The van der Waals surface area contributed by atoms with E-state index < -0.39 is 5.97 Å². The minimum absolute atomic E-state index is 0.0805. The van der Waals surface area contributed by atoms with Crippen LogP contribution < -0.4 is 5.32 Å². The first-order valence-corrected chi connectivity index (χ1v) is 9.28. The van der Waals surface area contributed by atoms with Gasteiger partial charge < -0.3 is 10.4 Å². The van der Waals surface area contributed by atoms with Crippen molar-refractivity contribution in [3.63, 3.8) is 0 Å². The lowest BCUT2D eigenvalue weighted by Crippen LogP contribution is -2.33. The zero-order chi connectivity index (χ0) is 15.1. The lowest BCUT2D eigenvalue weighted by molar-refractivity contribution is -0.143. The van der Waals surface area contributed by atoms with Crippen LogP contribution in [0.25, 0.3) is 0 Å². The number of carbonyl (C=O) groups excluding carboxylic acids is 1. The summed E-state index contributed by atoms with van der Waals surface area (Å²) >= 11 is 3.34. The topological polar surface area (TPSA) is 66.4 Å². The quantitative estimate of drug-likeness (QED) is 0.808. The minimum Gasteiger partial charge on any atom is -0.481 e. The van der Waals surface area contributed by atoms with Crippen LogP contribution in [0.1, 0.15) is 30.6 Å². The van der Waals surface area contributed by atoms with Crippen LogP contribution in [0, 0.1) is 11.8 Å². The molecule has 0 aromatic carbocycles. The molecule has 2 N–H and O–H groups in total. The summed E-state index contributed by atoms with van der Waals surface area (Å²) in [5.41, 5.74) is 0. The van der Waals surface area contributed by atoms with Gasteiger partial charge in [-0.2, -0.15) is 0 Å². The van der Waals surface area contributed by atoms with E-state index in [0.29, 0.717) is 18.2 Å². The molecule has 1 aromatic heterocycles. The summed E-state index contributed by atoms with van der Waals surface area (Å²) < 4.78 is 0. The van der Waals surface area contributed by atoms with Gasteiger partial charge in [0.15, 0.2) is 0 Å². The summed E-state index contributed by atoms with van der Waals surface area (Å²) in [4.78, 5) is 23.9. The third-order valence-electron chi connectivity index (χ3n) is 3.84. The number of carbonyl (C=O) groups is 2. The van der Waals surface area contributed by atoms with E-state index in [0.717, 1.165) is 31.4 Å². The van der Waals surface area contributed by atoms with E-state index in [4.69, 9.17) is 5.11 Å². The third kappa shape index (κ3) is 5.71. The van der Waals surface area contributed by atoms with Crippen molar-refractivity contribution in [1.82, 2.24) is 5.32 Å². The molecule has 0 bridgehead atoms. The van der Waals surface area contributed by atoms with Gasteiger partial charge in [-0.3, -0.25) is 9.59 Å². The second kappa shape index (κ2) is 8.44. The second-order valence-corrected chi connectivity index (χ2v) is 7.45. The van der Waals surface area contributed by atoms with E-state index in [2.05, 4.69) is 11.4 Å².